The van der Waals surface area contributed by atoms with Crippen LogP contribution in [0.4, 0.5) is 0 Å². The van der Waals surface area contributed by atoms with Gasteiger partial charge in [0.15, 0.2) is 0 Å². The minimum Gasteiger partial charge on any atom is -0.294 e. The summed E-state index contributed by atoms with van der Waals surface area (Å²) in [6.45, 7) is 2.47. The van der Waals surface area contributed by atoms with E-state index in [1.165, 1.54) is 19.3 Å². The summed E-state index contributed by atoms with van der Waals surface area (Å²) in [6.07, 6.45) is 5.30. The van der Waals surface area contributed by atoms with Gasteiger partial charge in [0.05, 0.1) is 12.8 Å². The van der Waals surface area contributed by atoms with Gasteiger partial charge in [-0.25, -0.2) is 5.43 Å². The molecule has 1 aromatic rings. The molecule has 0 radical (unpaired) electrons. The largest absolute Gasteiger partial charge is 0.294 e. The zero-order valence-electron chi connectivity index (χ0n) is 10.8. The van der Waals surface area contributed by atoms with Crippen LogP contribution in [-0.2, 0) is 4.79 Å². The van der Waals surface area contributed by atoms with E-state index in [1.54, 1.807) is 6.21 Å². The van der Waals surface area contributed by atoms with Crippen LogP contribution in [-0.4, -0.2) is 36.7 Å². The summed E-state index contributed by atoms with van der Waals surface area (Å²) in [6, 6.07) is 7.75. The van der Waals surface area contributed by atoms with Crippen molar-refractivity contribution >= 4 is 28.1 Å². The predicted molar refractivity (Wildman–Crippen MR) is 80.2 cm³/mol. The molecular formula is C14H18BrN3O. The average molecular weight is 324 g/mol. The van der Waals surface area contributed by atoms with Crippen LogP contribution in [0.15, 0.2) is 33.8 Å². The standard InChI is InChI=1S/C14H18BrN3O/c15-13-7-3-2-6-12(13)10-16-17-14(19)11-18-8-4-1-5-9-18/h2-3,6-7,10H,1,4-5,8-9,11H2,(H,17,19)/b16-10-. The second-order valence-electron chi connectivity index (χ2n) is 4.65. The van der Waals surface area contributed by atoms with E-state index in [0.29, 0.717) is 6.54 Å². The Morgan fingerprint density at radius 2 is 2.05 bits per heavy atom. The minimum absolute atomic E-state index is 0.0507. The van der Waals surface area contributed by atoms with Gasteiger partial charge in [0.1, 0.15) is 0 Å². The Hall–Kier alpha value is -1.20. The number of hydrogen-bond acceptors (Lipinski definition) is 3. The van der Waals surface area contributed by atoms with E-state index in [4.69, 9.17) is 0 Å². The van der Waals surface area contributed by atoms with Crippen LogP contribution >= 0.6 is 15.9 Å². The number of hydrazone groups is 1. The van der Waals surface area contributed by atoms with Gasteiger partial charge in [-0.3, -0.25) is 9.69 Å². The number of nitrogens with zero attached hydrogens (tertiary/aromatic N) is 2. The lowest BCUT2D eigenvalue weighted by Crippen LogP contribution is -2.38. The van der Waals surface area contributed by atoms with E-state index >= 15 is 0 Å². The average Bonchev–Trinajstić information content (AvgIpc) is 2.42. The van der Waals surface area contributed by atoms with E-state index in [2.05, 4.69) is 31.4 Å². The molecule has 1 N–H and O–H groups in total. The molecule has 0 unspecified atom stereocenters. The Morgan fingerprint density at radius 3 is 2.79 bits per heavy atom. The van der Waals surface area contributed by atoms with Crippen molar-refractivity contribution < 1.29 is 4.79 Å². The van der Waals surface area contributed by atoms with Crippen molar-refractivity contribution in [3.63, 3.8) is 0 Å². The predicted octanol–water partition coefficient (Wildman–Crippen LogP) is 2.39. The Balaban J connectivity index is 1.78. The molecule has 1 aliphatic rings. The third-order valence-electron chi connectivity index (χ3n) is 3.11. The van der Waals surface area contributed by atoms with Gasteiger partial charge in [-0.15, -0.1) is 0 Å². The van der Waals surface area contributed by atoms with Crippen molar-refractivity contribution in [2.24, 2.45) is 5.10 Å². The van der Waals surface area contributed by atoms with Crippen molar-refractivity contribution in [3.8, 4) is 0 Å². The maximum Gasteiger partial charge on any atom is 0.254 e. The van der Waals surface area contributed by atoms with Gasteiger partial charge < -0.3 is 0 Å². The first kappa shape index (κ1) is 14.2. The zero-order chi connectivity index (χ0) is 13.5. The number of halogens is 1. The molecule has 19 heavy (non-hydrogen) atoms. The summed E-state index contributed by atoms with van der Waals surface area (Å²) in [5.74, 6) is -0.0507. The van der Waals surface area contributed by atoms with Crippen LogP contribution in [0.5, 0.6) is 0 Å². The second-order valence-corrected chi connectivity index (χ2v) is 5.51. The summed E-state index contributed by atoms with van der Waals surface area (Å²) in [7, 11) is 0. The van der Waals surface area contributed by atoms with Crippen molar-refractivity contribution in [1.29, 1.82) is 0 Å². The molecule has 0 spiro atoms. The van der Waals surface area contributed by atoms with Crippen LogP contribution in [0.1, 0.15) is 24.8 Å². The Labute approximate surface area is 122 Å². The van der Waals surface area contributed by atoms with Gasteiger partial charge in [0.25, 0.3) is 5.91 Å². The lowest BCUT2D eigenvalue weighted by Gasteiger charge is -2.25. The highest BCUT2D eigenvalue weighted by molar-refractivity contribution is 9.10. The van der Waals surface area contributed by atoms with Gasteiger partial charge in [0, 0.05) is 10.0 Å². The fourth-order valence-corrected chi connectivity index (χ4v) is 2.50. The molecule has 0 bridgehead atoms. The van der Waals surface area contributed by atoms with Gasteiger partial charge >= 0.3 is 0 Å². The molecule has 1 heterocycles. The van der Waals surface area contributed by atoms with Gasteiger partial charge in [-0.1, -0.05) is 40.5 Å². The number of benzene rings is 1. The Morgan fingerprint density at radius 1 is 1.32 bits per heavy atom. The molecule has 1 amide bonds. The Bertz CT molecular complexity index is 456. The molecule has 102 valence electrons. The minimum atomic E-state index is -0.0507. The monoisotopic (exact) mass is 323 g/mol. The highest BCUT2D eigenvalue weighted by Crippen LogP contribution is 2.13. The molecule has 1 aliphatic heterocycles. The van der Waals surface area contributed by atoms with E-state index in [9.17, 15) is 4.79 Å². The van der Waals surface area contributed by atoms with Crippen molar-refractivity contribution in [2.45, 2.75) is 19.3 Å². The number of rotatable bonds is 4. The summed E-state index contributed by atoms with van der Waals surface area (Å²) >= 11 is 3.43. The number of nitrogens with one attached hydrogen (secondary N) is 1. The zero-order valence-corrected chi connectivity index (χ0v) is 12.4. The van der Waals surface area contributed by atoms with Crippen molar-refractivity contribution in [2.75, 3.05) is 19.6 Å². The summed E-state index contributed by atoms with van der Waals surface area (Å²) in [5, 5.41) is 3.99. The first-order valence-corrected chi connectivity index (χ1v) is 7.34. The van der Waals surface area contributed by atoms with Crippen LogP contribution in [0, 0.1) is 0 Å². The molecule has 5 heteroatoms. The lowest BCUT2D eigenvalue weighted by molar-refractivity contribution is -0.122. The van der Waals surface area contributed by atoms with Crippen molar-refractivity contribution in [3.05, 3.63) is 34.3 Å². The van der Waals surface area contributed by atoms with Gasteiger partial charge in [-0.2, -0.15) is 5.10 Å². The molecule has 1 aromatic carbocycles. The molecule has 0 saturated carbocycles. The fourth-order valence-electron chi connectivity index (χ4n) is 2.11. The number of amides is 1. The quantitative estimate of drug-likeness (QED) is 0.683. The number of carbonyl (C=O) groups excluding carboxylic acids is 1. The molecule has 0 atom stereocenters. The normalized spacial score (nSPS) is 16.7. The molecule has 0 aliphatic carbocycles. The molecule has 2 rings (SSSR count). The maximum atomic E-state index is 11.7. The topological polar surface area (TPSA) is 44.7 Å². The molecule has 0 aromatic heterocycles. The molecule has 1 fully saturated rings. The van der Waals surface area contributed by atoms with Crippen molar-refractivity contribution in [1.82, 2.24) is 10.3 Å². The van der Waals surface area contributed by atoms with Crippen LogP contribution in [0.25, 0.3) is 0 Å². The van der Waals surface area contributed by atoms with E-state index in [0.717, 1.165) is 23.1 Å². The molecular weight excluding hydrogens is 306 g/mol. The third kappa shape index (κ3) is 4.76. The molecule has 4 nitrogen and oxygen atoms in total. The van der Waals surface area contributed by atoms with Crippen LogP contribution in [0.3, 0.4) is 0 Å². The lowest BCUT2D eigenvalue weighted by atomic mass is 10.1. The number of piperidine rings is 1. The third-order valence-corrected chi connectivity index (χ3v) is 3.84. The Kier molecular flexibility index (Phi) is 5.54. The van der Waals surface area contributed by atoms with Crippen LogP contribution in [0.2, 0.25) is 0 Å². The fraction of sp³-hybridized carbons (Fsp3) is 0.429. The number of likely N-dealkylation sites (tertiary alicyclic amines) is 1. The summed E-state index contributed by atoms with van der Waals surface area (Å²) < 4.78 is 0.962. The van der Waals surface area contributed by atoms with E-state index in [1.807, 2.05) is 24.3 Å². The van der Waals surface area contributed by atoms with Gasteiger partial charge in [-0.05, 0) is 32.0 Å². The highest BCUT2D eigenvalue weighted by Gasteiger charge is 2.12. The summed E-state index contributed by atoms with van der Waals surface area (Å²) in [4.78, 5) is 13.9. The second kappa shape index (κ2) is 7.40. The summed E-state index contributed by atoms with van der Waals surface area (Å²) in [5.41, 5.74) is 3.52. The SMILES string of the molecule is O=C(CN1CCCCC1)N/N=C\c1ccccc1Br. The number of hydrogen-bond donors (Lipinski definition) is 1. The maximum absolute atomic E-state index is 11.7. The van der Waals surface area contributed by atoms with E-state index < -0.39 is 0 Å². The van der Waals surface area contributed by atoms with E-state index in [-0.39, 0.29) is 5.91 Å². The first-order chi connectivity index (χ1) is 9.25. The van der Waals surface area contributed by atoms with Gasteiger partial charge in [0.2, 0.25) is 0 Å². The smallest absolute Gasteiger partial charge is 0.254 e. The first-order valence-electron chi connectivity index (χ1n) is 6.54. The van der Waals surface area contributed by atoms with Crippen LogP contribution < -0.4 is 5.43 Å². The highest BCUT2D eigenvalue weighted by atomic mass is 79.9. The number of carbonyl (C=O) groups is 1. The molecule has 1 saturated heterocycles.